The highest BCUT2D eigenvalue weighted by atomic mass is 79.9. The van der Waals surface area contributed by atoms with Gasteiger partial charge in [0.2, 0.25) is 0 Å². The molecule has 1 saturated carbocycles. The molecule has 1 fully saturated rings. The summed E-state index contributed by atoms with van der Waals surface area (Å²) in [7, 11) is 0. The van der Waals surface area contributed by atoms with Crippen LogP contribution >= 0.6 is 15.9 Å². The first kappa shape index (κ1) is 10.5. The van der Waals surface area contributed by atoms with Gasteiger partial charge in [-0.25, -0.2) is 8.78 Å². The third-order valence-corrected chi connectivity index (χ3v) is 3.32. The Morgan fingerprint density at radius 1 is 1.33 bits per heavy atom. The fraction of sp³-hybridized carbons (Fsp3) is 0.300. The molecule has 2 nitrogen and oxygen atoms in total. The number of halogens is 3. The Morgan fingerprint density at radius 3 is 2.40 bits per heavy atom. The zero-order chi connectivity index (χ0) is 11.2. The zero-order valence-corrected chi connectivity index (χ0v) is 9.14. The molecule has 1 aromatic rings. The first-order chi connectivity index (χ1) is 6.99. The van der Waals surface area contributed by atoms with Crippen LogP contribution in [0.15, 0.2) is 16.6 Å². The summed E-state index contributed by atoms with van der Waals surface area (Å²) < 4.78 is 26.7. The number of hydrogen-bond acceptors (Lipinski definition) is 1. The molecule has 2 rings (SSSR count). The van der Waals surface area contributed by atoms with Crippen LogP contribution in [0.2, 0.25) is 0 Å². The number of carboxylic acids is 1. The van der Waals surface area contributed by atoms with Gasteiger partial charge < -0.3 is 5.11 Å². The van der Waals surface area contributed by atoms with Crippen molar-refractivity contribution >= 4 is 21.9 Å². The Labute approximate surface area is 93.0 Å². The van der Waals surface area contributed by atoms with Gasteiger partial charge in [0.15, 0.2) is 11.6 Å². The number of carbonyl (C=O) groups is 1. The molecule has 80 valence electrons. The average molecular weight is 277 g/mol. The van der Waals surface area contributed by atoms with Crippen LogP contribution in [0.4, 0.5) is 8.78 Å². The van der Waals surface area contributed by atoms with Gasteiger partial charge >= 0.3 is 5.97 Å². The summed E-state index contributed by atoms with van der Waals surface area (Å²) in [5.41, 5.74) is -1.26. The van der Waals surface area contributed by atoms with Crippen LogP contribution in [0.25, 0.3) is 0 Å². The van der Waals surface area contributed by atoms with Gasteiger partial charge in [-0.1, -0.05) is 6.07 Å². The molecule has 1 aliphatic rings. The summed E-state index contributed by atoms with van der Waals surface area (Å²) in [6, 6.07) is 2.65. The molecule has 5 heteroatoms. The van der Waals surface area contributed by atoms with E-state index in [9.17, 15) is 13.6 Å². The second-order valence-electron chi connectivity index (χ2n) is 3.61. The fourth-order valence-corrected chi connectivity index (χ4v) is 1.93. The SMILES string of the molecule is O=C(O)C1(c2ccc(Br)c(F)c2F)CC1. The molecule has 0 aliphatic heterocycles. The largest absolute Gasteiger partial charge is 0.481 e. The van der Waals surface area contributed by atoms with Crippen LogP contribution in [0.5, 0.6) is 0 Å². The van der Waals surface area contributed by atoms with Crippen LogP contribution < -0.4 is 0 Å². The Hall–Kier alpha value is -0.970. The van der Waals surface area contributed by atoms with Gasteiger partial charge in [-0.15, -0.1) is 0 Å². The Balaban J connectivity index is 2.55. The molecule has 0 atom stereocenters. The Morgan fingerprint density at radius 2 is 1.93 bits per heavy atom. The third kappa shape index (κ3) is 1.45. The van der Waals surface area contributed by atoms with Crippen molar-refractivity contribution in [3.63, 3.8) is 0 Å². The van der Waals surface area contributed by atoms with E-state index in [1.165, 1.54) is 12.1 Å². The van der Waals surface area contributed by atoms with Crippen molar-refractivity contribution in [3.8, 4) is 0 Å². The maximum absolute atomic E-state index is 13.5. The summed E-state index contributed by atoms with van der Waals surface area (Å²) in [5.74, 6) is -3.19. The predicted octanol–water partition coefficient (Wildman–Crippen LogP) is 2.84. The van der Waals surface area contributed by atoms with Crippen molar-refractivity contribution in [2.24, 2.45) is 0 Å². The number of rotatable bonds is 2. The first-order valence-electron chi connectivity index (χ1n) is 4.36. The Kier molecular flexibility index (Phi) is 2.30. The van der Waals surface area contributed by atoms with E-state index in [2.05, 4.69) is 15.9 Å². The molecule has 0 unspecified atom stereocenters. The average Bonchev–Trinajstić information content (AvgIpc) is 2.95. The van der Waals surface area contributed by atoms with E-state index in [-0.39, 0.29) is 10.0 Å². The summed E-state index contributed by atoms with van der Waals surface area (Å²) in [4.78, 5) is 10.9. The standard InChI is InChI=1S/C10H7BrF2O2/c11-6-2-1-5(7(12)8(6)13)10(3-4-10)9(14)15/h1-2H,3-4H2,(H,14,15). The van der Waals surface area contributed by atoms with Gasteiger partial charge in [0.25, 0.3) is 0 Å². The second kappa shape index (κ2) is 3.27. The number of aliphatic carboxylic acids is 1. The lowest BCUT2D eigenvalue weighted by Gasteiger charge is -2.11. The van der Waals surface area contributed by atoms with Gasteiger partial charge in [-0.3, -0.25) is 4.79 Å². The van der Waals surface area contributed by atoms with Crippen molar-refractivity contribution in [2.45, 2.75) is 18.3 Å². The maximum atomic E-state index is 13.5. The van der Waals surface area contributed by atoms with Gasteiger partial charge in [0, 0.05) is 5.56 Å². The molecule has 1 N–H and O–H groups in total. The molecular formula is C10H7BrF2O2. The molecule has 0 heterocycles. The van der Waals surface area contributed by atoms with Crippen molar-refractivity contribution < 1.29 is 18.7 Å². The summed E-state index contributed by atoms with van der Waals surface area (Å²) in [5, 5.41) is 8.94. The molecule has 0 amide bonds. The number of hydrogen-bond donors (Lipinski definition) is 1. The van der Waals surface area contributed by atoms with E-state index >= 15 is 0 Å². The van der Waals surface area contributed by atoms with Crippen LogP contribution in [0.1, 0.15) is 18.4 Å². The third-order valence-electron chi connectivity index (χ3n) is 2.71. The summed E-state index contributed by atoms with van der Waals surface area (Å²) in [6.07, 6.45) is 0.723. The van der Waals surface area contributed by atoms with Crippen LogP contribution in [0.3, 0.4) is 0 Å². The predicted molar refractivity (Wildman–Crippen MR) is 52.6 cm³/mol. The lowest BCUT2D eigenvalue weighted by molar-refractivity contribution is -0.140. The molecular weight excluding hydrogens is 270 g/mol. The Bertz CT molecular complexity index is 441. The molecule has 1 aliphatic carbocycles. The summed E-state index contributed by atoms with van der Waals surface area (Å²) in [6.45, 7) is 0. The highest BCUT2D eigenvalue weighted by molar-refractivity contribution is 9.10. The quantitative estimate of drug-likeness (QED) is 0.844. The number of benzene rings is 1. The maximum Gasteiger partial charge on any atom is 0.314 e. The van der Waals surface area contributed by atoms with E-state index in [1.807, 2.05) is 0 Å². The van der Waals surface area contributed by atoms with E-state index in [1.54, 1.807) is 0 Å². The highest BCUT2D eigenvalue weighted by Gasteiger charge is 2.53. The van der Waals surface area contributed by atoms with Gasteiger partial charge in [0.05, 0.1) is 9.89 Å². The van der Waals surface area contributed by atoms with Gasteiger partial charge in [0.1, 0.15) is 0 Å². The van der Waals surface area contributed by atoms with Crippen molar-refractivity contribution in [2.75, 3.05) is 0 Å². The smallest absolute Gasteiger partial charge is 0.314 e. The monoisotopic (exact) mass is 276 g/mol. The zero-order valence-electron chi connectivity index (χ0n) is 7.56. The molecule has 0 spiro atoms. The molecule has 15 heavy (non-hydrogen) atoms. The van der Waals surface area contributed by atoms with Crippen molar-refractivity contribution in [1.29, 1.82) is 0 Å². The molecule has 0 radical (unpaired) electrons. The first-order valence-corrected chi connectivity index (χ1v) is 5.16. The number of carboxylic acid groups (broad SMARTS) is 1. The van der Waals surface area contributed by atoms with E-state index < -0.39 is 23.0 Å². The van der Waals surface area contributed by atoms with Crippen molar-refractivity contribution in [1.82, 2.24) is 0 Å². The molecule has 0 aromatic heterocycles. The van der Waals surface area contributed by atoms with E-state index in [4.69, 9.17) is 5.11 Å². The normalized spacial score (nSPS) is 17.5. The second-order valence-corrected chi connectivity index (χ2v) is 4.46. The van der Waals surface area contributed by atoms with Gasteiger partial charge in [-0.05, 0) is 34.8 Å². The molecule has 0 saturated heterocycles. The molecule has 0 bridgehead atoms. The van der Waals surface area contributed by atoms with Crippen molar-refractivity contribution in [3.05, 3.63) is 33.8 Å². The minimum atomic E-state index is -1.20. The lowest BCUT2D eigenvalue weighted by atomic mass is 9.95. The highest BCUT2D eigenvalue weighted by Crippen LogP contribution is 2.49. The van der Waals surface area contributed by atoms with Gasteiger partial charge in [-0.2, -0.15) is 0 Å². The van der Waals surface area contributed by atoms with Crippen LogP contribution in [-0.2, 0) is 10.2 Å². The van der Waals surface area contributed by atoms with Crippen LogP contribution in [0, 0.1) is 11.6 Å². The minimum absolute atomic E-state index is 0.00457. The fourth-order valence-electron chi connectivity index (χ4n) is 1.62. The topological polar surface area (TPSA) is 37.3 Å². The van der Waals surface area contributed by atoms with E-state index in [0.717, 1.165) is 0 Å². The molecule has 1 aromatic carbocycles. The van der Waals surface area contributed by atoms with E-state index in [0.29, 0.717) is 12.8 Å². The lowest BCUT2D eigenvalue weighted by Crippen LogP contribution is -2.21. The summed E-state index contributed by atoms with van der Waals surface area (Å²) >= 11 is 2.84. The minimum Gasteiger partial charge on any atom is -0.481 e. The van der Waals surface area contributed by atoms with Crippen LogP contribution in [-0.4, -0.2) is 11.1 Å².